The van der Waals surface area contributed by atoms with Crippen molar-refractivity contribution in [1.82, 2.24) is 10.4 Å². The molecule has 1 N–H and O–H groups in total. The van der Waals surface area contributed by atoms with Crippen LogP contribution in [-0.4, -0.2) is 47.1 Å². The average Bonchev–Trinajstić information content (AvgIpc) is 3.13. The maximum atomic E-state index is 13.1. The number of carbonyl (C=O) groups is 4. The number of amides is 2. The molecule has 168 valence electrons. The van der Waals surface area contributed by atoms with Crippen LogP contribution in [0.2, 0.25) is 0 Å². The van der Waals surface area contributed by atoms with Gasteiger partial charge in [-0.05, 0) is 43.3 Å². The molecule has 1 saturated heterocycles. The first-order chi connectivity index (χ1) is 15.3. The topological polar surface area (TPSA) is 92.8 Å². The molecular formula is C23H22ClFN2O5. The molecule has 1 aliphatic heterocycles. The molecule has 0 bridgehead atoms. The molecule has 7 nitrogen and oxygen atoms in total. The van der Waals surface area contributed by atoms with E-state index in [9.17, 15) is 23.6 Å². The smallest absolute Gasteiger partial charge is 0.312 e. The zero-order chi connectivity index (χ0) is 23.3. The number of nitrogens with zero attached hydrogens (tertiary/aromatic N) is 1. The lowest BCUT2D eigenvalue weighted by Crippen LogP contribution is -2.43. The molecule has 0 saturated carbocycles. The Hall–Kier alpha value is -3.26. The second-order valence-electron chi connectivity index (χ2n) is 7.49. The fraction of sp³-hybridized carbons (Fsp3) is 0.304. The summed E-state index contributed by atoms with van der Waals surface area (Å²) in [6.07, 6.45) is -1.25. The van der Waals surface area contributed by atoms with E-state index < -0.39 is 41.4 Å². The van der Waals surface area contributed by atoms with Gasteiger partial charge in [0.25, 0.3) is 5.91 Å². The van der Waals surface area contributed by atoms with Gasteiger partial charge in [-0.1, -0.05) is 17.7 Å². The standard InChI is InChI=1S/C23H22ClFN2O5/c1-14-3-2-4-16(11-14)22(30)26-27-13-17(12-20(27)28)23(31)32-19(9-10-24)21(29)15-5-7-18(25)8-6-15/h2-8,11,17,19H,9-10,12-13H2,1H3,(H,26,30). The Balaban J connectivity index is 1.62. The highest BCUT2D eigenvalue weighted by atomic mass is 35.5. The second kappa shape index (κ2) is 10.4. The number of aryl methyl sites for hydroxylation is 1. The van der Waals surface area contributed by atoms with Crippen molar-refractivity contribution in [2.45, 2.75) is 25.9 Å². The highest BCUT2D eigenvalue weighted by molar-refractivity contribution is 6.18. The zero-order valence-electron chi connectivity index (χ0n) is 17.3. The summed E-state index contributed by atoms with van der Waals surface area (Å²) in [5.74, 6) is -3.44. The first-order valence-electron chi connectivity index (χ1n) is 10.0. The largest absolute Gasteiger partial charge is 0.454 e. The number of halogens is 2. The van der Waals surface area contributed by atoms with Crippen LogP contribution in [0.25, 0.3) is 0 Å². The Morgan fingerprint density at radius 3 is 2.56 bits per heavy atom. The van der Waals surface area contributed by atoms with E-state index in [0.29, 0.717) is 5.56 Å². The van der Waals surface area contributed by atoms with E-state index in [4.69, 9.17) is 16.3 Å². The Kier molecular flexibility index (Phi) is 7.58. The predicted octanol–water partition coefficient (Wildman–Crippen LogP) is 3.05. The quantitative estimate of drug-likeness (QED) is 0.371. The number of benzene rings is 2. The van der Waals surface area contributed by atoms with Crippen LogP contribution in [0.15, 0.2) is 48.5 Å². The Morgan fingerprint density at radius 1 is 1.19 bits per heavy atom. The van der Waals surface area contributed by atoms with Crippen LogP contribution < -0.4 is 5.43 Å². The summed E-state index contributed by atoms with van der Waals surface area (Å²) in [5.41, 5.74) is 3.96. The molecule has 2 aromatic carbocycles. The molecule has 0 spiro atoms. The number of rotatable bonds is 8. The van der Waals surface area contributed by atoms with E-state index >= 15 is 0 Å². The Labute approximate surface area is 189 Å². The molecule has 9 heteroatoms. The minimum Gasteiger partial charge on any atom is -0.454 e. The summed E-state index contributed by atoms with van der Waals surface area (Å²) in [4.78, 5) is 50.0. The fourth-order valence-electron chi connectivity index (χ4n) is 3.33. The summed E-state index contributed by atoms with van der Waals surface area (Å²) < 4.78 is 18.5. The molecule has 1 aliphatic rings. The van der Waals surface area contributed by atoms with Crippen molar-refractivity contribution < 1.29 is 28.3 Å². The molecule has 1 heterocycles. The number of hydrogen-bond donors (Lipinski definition) is 1. The number of nitrogens with one attached hydrogen (secondary N) is 1. The van der Waals surface area contributed by atoms with E-state index in [2.05, 4.69) is 5.43 Å². The molecular weight excluding hydrogens is 439 g/mol. The summed E-state index contributed by atoms with van der Waals surface area (Å²) in [6.45, 7) is 1.77. The van der Waals surface area contributed by atoms with Gasteiger partial charge in [0.15, 0.2) is 6.10 Å². The number of Topliss-reactive ketones (excluding diaryl/α,β-unsaturated/α-hetero) is 1. The molecule has 2 amide bonds. The molecule has 32 heavy (non-hydrogen) atoms. The van der Waals surface area contributed by atoms with Crippen molar-refractivity contribution in [2.75, 3.05) is 12.4 Å². The summed E-state index contributed by atoms with van der Waals surface area (Å²) in [6, 6.07) is 11.7. The van der Waals surface area contributed by atoms with Crippen molar-refractivity contribution >= 4 is 35.2 Å². The third-order valence-corrected chi connectivity index (χ3v) is 5.24. The number of ether oxygens (including phenoxy) is 1. The van der Waals surface area contributed by atoms with Crippen molar-refractivity contribution in [3.63, 3.8) is 0 Å². The lowest BCUT2D eigenvalue weighted by atomic mass is 10.0. The molecule has 2 aromatic rings. The SMILES string of the molecule is Cc1cccc(C(=O)NN2CC(C(=O)OC(CCCl)C(=O)c3ccc(F)cc3)CC2=O)c1. The molecule has 0 radical (unpaired) electrons. The highest BCUT2D eigenvalue weighted by Crippen LogP contribution is 2.21. The Bertz CT molecular complexity index is 1030. The normalized spacial score (nSPS) is 16.5. The van der Waals surface area contributed by atoms with Gasteiger partial charge in [0, 0.05) is 29.8 Å². The van der Waals surface area contributed by atoms with Gasteiger partial charge in [-0.3, -0.25) is 29.6 Å². The van der Waals surface area contributed by atoms with Crippen molar-refractivity contribution in [3.8, 4) is 0 Å². The zero-order valence-corrected chi connectivity index (χ0v) is 18.1. The molecule has 0 aliphatic carbocycles. The average molecular weight is 461 g/mol. The second-order valence-corrected chi connectivity index (χ2v) is 7.87. The van der Waals surface area contributed by atoms with Gasteiger partial charge in [0.1, 0.15) is 5.82 Å². The number of esters is 1. The number of hydrazine groups is 1. The molecule has 2 unspecified atom stereocenters. The van der Waals surface area contributed by atoms with Gasteiger partial charge < -0.3 is 4.74 Å². The Morgan fingerprint density at radius 2 is 1.91 bits per heavy atom. The summed E-state index contributed by atoms with van der Waals surface area (Å²) >= 11 is 5.76. The minimum absolute atomic E-state index is 0.0627. The third-order valence-electron chi connectivity index (χ3n) is 5.03. The number of ketones is 1. The van der Waals surface area contributed by atoms with Crippen LogP contribution in [0.1, 0.15) is 39.1 Å². The van der Waals surface area contributed by atoms with Crippen LogP contribution in [0.5, 0.6) is 0 Å². The van der Waals surface area contributed by atoms with E-state index in [-0.39, 0.29) is 30.8 Å². The molecule has 2 atom stereocenters. The number of hydrogen-bond acceptors (Lipinski definition) is 5. The van der Waals surface area contributed by atoms with Crippen LogP contribution in [0, 0.1) is 18.7 Å². The van der Waals surface area contributed by atoms with Crippen molar-refractivity contribution in [3.05, 3.63) is 71.0 Å². The van der Waals surface area contributed by atoms with Crippen molar-refractivity contribution in [1.29, 1.82) is 0 Å². The van der Waals surface area contributed by atoms with Crippen LogP contribution in [0.3, 0.4) is 0 Å². The fourth-order valence-corrected chi connectivity index (χ4v) is 3.52. The van der Waals surface area contributed by atoms with Gasteiger partial charge in [-0.25, -0.2) is 4.39 Å². The van der Waals surface area contributed by atoms with E-state index in [1.165, 1.54) is 12.1 Å². The van der Waals surface area contributed by atoms with E-state index in [1.807, 2.05) is 13.0 Å². The summed E-state index contributed by atoms with van der Waals surface area (Å²) in [7, 11) is 0. The first-order valence-corrected chi connectivity index (χ1v) is 10.6. The third kappa shape index (κ3) is 5.70. The molecule has 3 rings (SSSR count). The van der Waals surface area contributed by atoms with Crippen LogP contribution >= 0.6 is 11.6 Å². The predicted molar refractivity (Wildman–Crippen MR) is 114 cm³/mol. The minimum atomic E-state index is -1.16. The monoisotopic (exact) mass is 460 g/mol. The molecule has 1 fully saturated rings. The number of carbonyl (C=O) groups excluding carboxylic acids is 4. The van der Waals surface area contributed by atoms with Crippen molar-refractivity contribution in [2.24, 2.45) is 5.92 Å². The van der Waals surface area contributed by atoms with E-state index in [1.54, 1.807) is 18.2 Å². The van der Waals surface area contributed by atoms with Gasteiger partial charge in [0.2, 0.25) is 11.7 Å². The summed E-state index contributed by atoms with van der Waals surface area (Å²) in [5, 5.41) is 1.08. The van der Waals surface area contributed by atoms with Gasteiger partial charge in [-0.15, -0.1) is 11.6 Å². The molecule has 0 aromatic heterocycles. The van der Waals surface area contributed by atoms with Gasteiger partial charge in [-0.2, -0.15) is 0 Å². The maximum Gasteiger partial charge on any atom is 0.312 e. The van der Waals surface area contributed by atoms with Crippen LogP contribution in [-0.2, 0) is 14.3 Å². The number of alkyl halides is 1. The van der Waals surface area contributed by atoms with Crippen LogP contribution in [0.4, 0.5) is 4.39 Å². The lowest BCUT2D eigenvalue weighted by molar-refractivity contribution is -0.151. The van der Waals surface area contributed by atoms with Gasteiger partial charge in [0.05, 0.1) is 12.5 Å². The van der Waals surface area contributed by atoms with E-state index in [0.717, 1.165) is 22.7 Å². The first kappa shape index (κ1) is 23.4. The highest BCUT2D eigenvalue weighted by Gasteiger charge is 2.38. The maximum absolute atomic E-state index is 13.1. The van der Waals surface area contributed by atoms with Gasteiger partial charge >= 0.3 is 5.97 Å². The lowest BCUT2D eigenvalue weighted by Gasteiger charge is -2.19.